The van der Waals surface area contributed by atoms with E-state index in [2.05, 4.69) is 10.6 Å². The fraction of sp³-hybridized carbons (Fsp3) is 0.533. The largest absolute Gasteiger partial charge is 0.497 e. The van der Waals surface area contributed by atoms with E-state index < -0.39 is 0 Å². The van der Waals surface area contributed by atoms with Crippen LogP contribution in [0.5, 0.6) is 11.5 Å². The highest BCUT2D eigenvalue weighted by molar-refractivity contribution is 5.85. The number of carbonyl (C=O) groups is 1. The van der Waals surface area contributed by atoms with Gasteiger partial charge in [0.25, 0.3) is 0 Å². The van der Waals surface area contributed by atoms with Crippen LogP contribution >= 0.6 is 12.4 Å². The Morgan fingerprint density at radius 2 is 2.05 bits per heavy atom. The smallest absolute Gasteiger partial charge is 0.224 e. The molecule has 0 bridgehead atoms. The molecule has 2 atom stereocenters. The number of carbonyl (C=O) groups excluding carboxylic acids is 1. The Balaban J connectivity index is 0.00000220. The minimum absolute atomic E-state index is 0. The predicted molar refractivity (Wildman–Crippen MR) is 84.3 cm³/mol. The second-order valence-corrected chi connectivity index (χ2v) is 5.04. The monoisotopic (exact) mass is 314 g/mol. The van der Waals surface area contributed by atoms with Crippen LogP contribution in [0, 0.1) is 5.92 Å². The lowest BCUT2D eigenvalue weighted by Gasteiger charge is -2.17. The molecular weight excluding hydrogens is 292 g/mol. The van der Waals surface area contributed by atoms with Crippen LogP contribution < -0.4 is 20.1 Å². The highest BCUT2D eigenvalue weighted by atomic mass is 35.5. The van der Waals surface area contributed by atoms with E-state index in [9.17, 15) is 4.79 Å². The molecule has 6 heteroatoms. The maximum absolute atomic E-state index is 11.9. The third kappa shape index (κ3) is 5.44. The first-order valence-corrected chi connectivity index (χ1v) is 6.98. The number of ether oxygens (including phenoxy) is 2. The minimum Gasteiger partial charge on any atom is -0.497 e. The molecule has 0 saturated carbocycles. The van der Waals surface area contributed by atoms with E-state index in [0.717, 1.165) is 31.0 Å². The molecule has 1 amide bonds. The van der Waals surface area contributed by atoms with Crippen molar-refractivity contribution in [3.63, 3.8) is 0 Å². The van der Waals surface area contributed by atoms with Crippen molar-refractivity contribution < 1.29 is 14.3 Å². The van der Waals surface area contributed by atoms with E-state index in [1.165, 1.54) is 0 Å². The molecule has 0 radical (unpaired) electrons. The van der Waals surface area contributed by atoms with Crippen LogP contribution in [0.4, 0.5) is 0 Å². The second kappa shape index (κ2) is 8.74. The van der Waals surface area contributed by atoms with E-state index in [1.807, 2.05) is 31.2 Å². The standard InChI is InChI=1S/C15H22N2O3.ClH/c1-11(9-17-15(18)12-7-8-16-10-12)20-14-5-3-13(19-2)4-6-14;/h3-6,11-12,16H,7-10H2,1-2H3,(H,17,18);1H. The van der Waals surface area contributed by atoms with Crippen LogP contribution in [-0.2, 0) is 4.79 Å². The van der Waals surface area contributed by atoms with Gasteiger partial charge in [-0.15, -0.1) is 12.4 Å². The highest BCUT2D eigenvalue weighted by Gasteiger charge is 2.22. The van der Waals surface area contributed by atoms with Gasteiger partial charge in [0.2, 0.25) is 5.91 Å². The van der Waals surface area contributed by atoms with Crippen molar-refractivity contribution in [2.75, 3.05) is 26.7 Å². The minimum atomic E-state index is -0.0679. The summed E-state index contributed by atoms with van der Waals surface area (Å²) in [5.41, 5.74) is 0. The summed E-state index contributed by atoms with van der Waals surface area (Å²) >= 11 is 0. The molecule has 0 aliphatic carbocycles. The molecule has 118 valence electrons. The van der Waals surface area contributed by atoms with Crippen molar-refractivity contribution in [2.24, 2.45) is 5.92 Å². The average molecular weight is 315 g/mol. The van der Waals surface area contributed by atoms with Crippen LogP contribution in [0.3, 0.4) is 0 Å². The summed E-state index contributed by atoms with van der Waals surface area (Å²) in [5, 5.41) is 6.13. The van der Waals surface area contributed by atoms with Crippen molar-refractivity contribution >= 4 is 18.3 Å². The molecule has 1 aliphatic rings. The Morgan fingerprint density at radius 1 is 1.38 bits per heavy atom. The number of benzene rings is 1. The SMILES string of the molecule is COc1ccc(OC(C)CNC(=O)C2CCNC2)cc1.Cl. The Bertz CT molecular complexity index is 433. The Labute approximate surface area is 131 Å². The number of methoxy groups -OCH3 is 1. The van der Waals surface area contributed by atoms with Crippen LogP contribution in [0.15, 0.2) is 24.3 Å². The molecule has 2 rings (SSSR count). The van der Waals surface area contributed by atoms with Gasteiger partial charge >= 0.3 is 0 Å². The average Bonchev–Trinajstić information content (AvgIpc) is 3.00. The van der Waals surface area contributed by atoms with Gasteiger partial charge in [0, 0.05) is 6.54 Å². The number of rotatable bonds is 6. The fourth-order valence-electron chi connectivity index (χ4n) is 2.20. The lowest BCUT2D eigenvalue weighted by Crippen LogP contribution is -2.38. The molecule has 0 spiro atoms. The maximum atomic E-state index is 11.9. The summed E-state index contributed by atoms with van der Waals surface area (Å²) in [6.45, 7) is 4.16. The predicted octanol–water partition coefficient (Wildman–Crippen LogP) is 1.61. The number of amides is 1. The zero-order valence-corrected chi connectivity index (χ0v) is 13.2. The Morgan fingerprint density at radius 3 is 2.62 bits per heavy atom. The molecule has 21 heavy (non-hydrogen) atoms. The normalized spacial score (nSPS) is 18.5. The van der Waals surface area contributed by atoms with Gasteiger partial charge in [0.15, 0.2) is 0 Å². The van der Waals surface area contributed by atoms with Gasteiger partial charge < -0.3 is 20.1 Å². The molecule has 5 nitrogen and oxygen atoms in total. The molecule has 1 saturated heterocycles. The van der Waals surface area contributed by atoms with E-state index >= 15 is 0 Å². The first-order chi connectivity index (χ1) is 9.69. The van der Waals surface area contributed by atoms with Crippen LogP contribution in [-0.4, -0.2) is 38.8 Å². The first kappa shape index (κ1) is 17.6. The van der Waals surface area contributed by atoms with Crippen molar-refractivity contribution in [2.45, 2.75) is 19.4 Å². The van der Waals surface area contributed by atoms with Gasteiger partial charge in [-0.1, -0.05) is 0 Å². The Kier molecular flexibility index (Phi) is 7.32. The van der Waals surface area contributed by atoms with Crippen LogP contribution in [0.1, 0.15) is 13.3 Å². The summed E-state index contributed by atoms with van der Waals surface area (Å²) in [6, 6.07) is 7.42. The fourth-order valence-corrected chi connectivity index (χ4v) is 2.20. The summed E-state index contributed by atoms with van der Waals surface area (Å²) in [6.07, 6.45) is 0.848. The van der Waals surface area contributed by atoms with Crippen molar-refractivity contribution in [3.8, 4) is 11.5 Å². The summed E-state index contributed by atoms with van der Waals surface area (Å²) in [7, 11) is 1.63. The molecule has 2 unspecified atom stereocenters. The zero-order valence-electron chi connectivity index (χ0n) is 12.4. The molecule has 2 N–H and O–H groups in total. The summed E-state index contributed by atoms with van der Waals surface area (Å²) in [4.78, 5) is 11.9. The summed E-state index contributed by atoms with van der Waals surface area (Å²) in [5.74, 6) is 1.78. The van der Waals surface area contributed by atoms with Crippen LogP contribution in [0.25, 0.3) is 0 Å². The van der Waals surface area contributed by atoms with Gasteiger partial charge in [-0.2, -0.15) is 0 Å². The van der Waals surface area contributed by atoms with Gasteiger partial charge in [-0.05, 0) is 44.2 Å². The van der Waals surface area contributed by atoms with Gasteiger partial charge in [-0.3, -0.25) is 4.79 Å². The van der Waals surface area contributed by atoms with Crippen molar-refractivity contribution in [3.05, 3.63) is 24.3 Å². The van der Waals surface area contributed by atoms with E-state index in [4.69, 9.17) is 9.47 Å². The van der Waals surface area contributed by atoms with Crippen LogP contribution in [0.2, 0.25) is 0 Å². The molecule has 1 aromatic rings. The Hall–Kier alpha value is -1.46. The van der Waals surface area contributed by atoms with Gasteiger partial charge in [0.1, 0.15) is 17.6 Å². The van der Waals surface area contributed by atoms with Gasteiger partial charge in [0.05, 0.1) is 19.6 Å². The quantitative estimate of drug-likeness (QED) is 0.837. The second-order valence-electron chi connectivity index (χ2n) is 5.04. The lowest BCUT2D eigenvalue weighted by molar-refractivity contribution is -0.124. The number of hydrogen-bond acceptors (Lipinski definition) is 4. The lowest BCUT2D eigenvalue weighted by atomic mass is 10.1. The first-order valence-electron chi connectivity index (χ1n) is 6.98. The molecule has 1 aliphatic heterocycles. The number of nitrogens with one attached hydrogen (secondary N) is 2. The molecular formula is C15H23ClN2O3. The van der Waals surface area contributed by atoms with E-state index in [1.54, 1.807) is 7.11 Å². The number of halogens is 1. The highest BCUT2D eigenvalue weighted by Crippen LogP contribution is 2.18. The van der Waals surface area contributed by atoms with Gasteiger partial charge in [-0.25, -0.2) is 0 Å². The topological polar surface area (TPSA) is 59.6 Å². The third-order valence-corrected chi connectivity index (χ3v) is 3.39. The molecule has 0 aromatic heterocycles. The van der Waals surface area contributed by atoms with E-state index in [-0.39, 0.29) is 30.3 Å². The number of hydrogen-bond donors (Lipinski definition) is 2. The van der Waals surface area contributed by atoms with Crippen molar-refractivity contribution in [1.29, 1.82) is 0 Å². The molecule has 1 fully saturated rings. The molecule has 1 heterocycles. The van der Waals surface area contributed by atoms with E-state index in [0.29, 0.717) is 6.54 Å². The van der Waals surface area contributed by atoms with Crippen molar-refractivity contribution in [1.82, 2.24) is 10.6 Å². The molecule has 1 aromatic carbocycles. The maximum Gasteiger partial charge on any atom is 0.224 e. The zero-order chi connectivity index (χ0) is 14.4. The third-order valence-electron chi connectivity index (χ3n) is 3.39. The summed E-state index contributed by atoms with van der Waals surface area (Å²) < 4.78 is 10.8.